The van der Waals surface area contributed by atoms with Gasteiger partial charge < -0.3 is 9.80 Å². The van der Waals surface area contributed by atoms with Gasteiger partial charge in [0.15, 0.2) is 0 Å². The molecular weight excluding hydrogens is 316 g/mol. The van der Waals surface area contributed by atoms with Gasteiger partial charge in [-0.2, -0.15) is 5.10 Å². The molecule has 3 fully saturated rings. The minimum absolute atomic E-state index is 0.00360. The molecule has 25 heavy (non-hydrogen) atoms. The Morgan fingerprint density at radius 3 is 2.64 bits per heavy atom. The lowest BCUT2D eigenvalue weighted by Crippen LogP contribution is -2.48. The van der Waals surface area contributed by atoms with Crippen molar-refractivity contribution in [3.8, 4) is 0 Å². The molecule has 3 saturated heterocycles. The number of carbonyl (C=O) groups is 2. The SMILES string of the molecule is CCCN1C(=O)[C@H]2CC[C@@H]1CN(C(=O)CCc1c(C)nn(C)c1C)C2. The Balaban J connectivity index is 1.66. The molecule has 0 N–H and O–H groups in total. The van der Waals surface area contributed by atoms with E-state index >= 15 is 0 Å². The van der Waals surface area contributed by atoms with Crippen LogP contribution in [0.2, 0.25) is 0 Å². The van der Waals surface area contributed by atoms with E-state index in [-0.39, 0.29) is 23.8 Å². The van der Waals surface area contributed by atoms with Crippen molar-refractivity contribution in [3.05, 3.63) is 17.0 Å². The zero-order valence-corrected chi connectivity index (χ0v) is 15.9. The van der Waals surface area contributed by atoms with Gasteiger partial charge in [0.25, 0.3) is 0 Å². The van der Waals surface area contributed by atoms with Crippen LogP contribution in [0.25, 0.3) is 0 Å². The van der Waals surface area contributed by atoms with Crippen LogP contribution >= 0.6 is 0 Å². The highest BCUT2D eigenvalue weighted by molar-refractivity contribution is 5.83. The molecule has 0 aromatic carbocycles. The first-order chi connectivity index (χ1) is 11.9. The van der Waals surface area contributed by atoms with Gasteiger partial charge in [0.2, 0.25) is 11.8 Å². The first-order valence-electron chi connectivity index (χ1n) is 9.49. The van der Waals surface area contributed by atoms with Crippen molar-refractivity contribution in [2.24, 2.45) is 13.0 Å². The van der Waals surface area contributed by atoms with Crippen LogP contribution in [-0.4, -0.2) is 57.1 Å². The van der Waals surface area contributed by atoms with Crippen LogP contribution in [0.1, 0.15) is 49.6 Å². The molecule has 1 aromatic rings. The number of hydrogen-bond donors (Lipinski definition) is 0. The zero-order chi connectivity index (χ0) is 18.1. The van der Waals surface area contributed by atoms with Crippen LogP contribution in [0.15, 0.2) is 0 Å². The molecular formula is C19H30N4O2. The molecule has 6 nitrogen and oxygen atoms in total. The third-order valence-electron chi connectivity index (χ3n) is 5.86. The number of fused-ring (bicyclic) bond motifs is 4. The number of amides is 2. The summed E-state index contributed by atoms with van der Waals surface area (Å²) in [6.45, 7) is 8.27. The monoisotopic (exact) mass is 346 g/mol. The molecule has 0 aliphatic carbocycles. The zero-order valence-electron chi connectivity index (χ0n) is 15.9. The quantitative estimate of drug-likeness (QED) is 0.817. The molecule has 0 saturated carbocycles. The predicted octanol–water partition coefficient (Wildman–Crippen LogP) is 1.83. The highest BCUT2D eigenvalue weighted by Gasteiger charge is 2.41. The summed E-state index contributed by atoms with van der Waals surface area (Å²) in [5, 5.41) is 4.43. The summed E-state index contributed by atoms with van der Waals surface area (Å²) in [6.07, 6.45) is 4.15. The van der Waals surface area contributed by atoms with E-state index < -0.39 is 0 Å². The average molecular weight is 346 g/mol. The molecule has 138 valence electrons. The first kappa shape index (κ1) is 18.0. The molecule has 0 unspecified atom stereocenters. The van der Waals surface area contributed by atoms with Crippen LogP contribution in [0, 0.1) is 19.8 Å². The van der Waals surface area contributed by atoms with E-state index in [4.69, 9.17) is 0 Å². The second kappa shape index (κ2) is 7.18. The Kier molecular flexibility index (Phi) is 5.16. The van der Waals surface area contributed by atoms with Crippen molar-refractivity contribution < 1.29 is 9.59 Å². The fourth-order valence-corrected chi connectivity index (χ4v) is 4.35. The molecule has 2 atom stereocenters. The van der Waals surface area contributed by atoms with E-state index in [0.29, 0.717) is 19.5 Å². The smallest absolute Gasteiger partial charge is 0.227 e. The maximum absolute atomic E-state index is 12.8. The molecule has 0 radical (unpaired) electrons. The molecule has 3 aliphatic rings. The van der Waals surface area contributed by atoms with E-state index in [1.807, 2.05) is 35.4 Å². The normalized spacial score (nSPS) is 23.3. The van der Waals surface area contributed by atoms with Crippen molar-refractivity contribution in [3.63, 3.8) is 0 Å². The Bertz CT molecular complexity index is 667. The van der Waals surface area contributed by atoms with Gasteiger partial charge in [-0.05, 0) is 45.1 Å². The number of piperidine rings is 1. The number of aryl methyl sites for hydroxylation is 2. The van der Waals surface area contributed by atoms with Gasteiger partial charge in [-0.25, -0.2) is 0 Å². The fraction of sp³-hybridized carbons (Fsp3) is 0.737. The summed E-state index contributed by atoms with van der Waals surface area (Å²) in [6, 6.07) is 0.206. The van der Waals surface area contributed by atoms with Gasteiger partial charge in [-0.15, -0.1) is 0 Å². The summed E-state index contributed by atoms with van der Waals surface area (Å²) in [5.74, 6) is 0.425. The molecule has 4 heterocycles. The Morgan fingerprint density at radius 2 is 2.00 bits per heavy atom. The topological polar surface area (TPSA) is 58.4 Å². The van der Waals surface area contributed by atoms with Crippen molar-refractivity contribution in [1.82, 2.24) is 19.6 Å². The molecule has 1 aromatic heterocycles. The molecule has 6 heteroatoms. The summed E-state index contributed by atoms with van der Waals surface area (Å²) in [5.41, 5.74) is 3.32. The maximum Gasteiger partial charge on any atom is 0.227 e. The van der Waals surface area contributed by atoms with Gasteiger partial charge in [0, 0.05) is 44.8 Å². The van der Waals surface area contributed by atoms with Crippen LogP contribution < -0.4 is 0 Å². The van der Waals surface area contributed by atoms with Gasteiger partial charge in [0.1, 0.15) is 0 Å². The molecule has 2 amide bonds. The molecule has 2 bridgehead atoms. The van der Waals surface area contributed by atoms with Crippen LogP contribution in [0.4, 0.5) is 0 Å². The highest BCUT2D eigenvalue weighted by Crippen LogP contribution is 2.29. The first-order valence-corrected chi connectivity index (χ1v) is 9.49. The van der Waals surface area contributed by atoms with Crippen molar-refractivity contribution in [1.29, 1.82) is 0 Å². The Morgan fingerprint density at radius 1 is 1.24 bits per heavy atom. The number of rotatable bonds is 5. The van der Waals surface area contributed by atoms with Crippen molar-refractivity contribution >= 4 is 11.8 Å². The van der Waals surface area contributed by atoms with E-state index in [1.165, 1.54) is 5.56 Å². The number of carbonyl (C=O) groups excluding carboxylic acids is 2. The molecule has 4 rings (SSSR count). The molecule has 0 spiro atoms. The van der Waals surface area contributed by atoms with E-state index in [1.54, 1.807) is 0 Å². The summed E-state index contributed by atoms with van der Waals surface area (Å²) >= 11 is 0. The predicted molar refractivity (Wildman–Crippen MR) is 96.1 cm³/mol. The standard InChI is InChI=1S/C19H30N4O2/c1-5-10-23-16-7-6-15(19(23)25)11-22(12-16)18(24)9-8-17-13(2)20-21(4)14(17)3/h15-16H,5-12H2,1-4H3/t15-,16+/m0/s1. The van der Waals surface area contributed by atoms with Crippen LogP contribution in [0.3, 0.4) is 0 Å². The van der Waals surface area contributed by atoms with Crippen LogP contribution in [-0.2, 0) is 23.1 Å². The Hall–Kier alpha value is -1.85. The van der Waals surface area contributed by atoms with Gasteiger partial charge >= 0.3 is 0 Å². The fourth-order valence-electron chi connectivity index (χ4n) is 4.35. The summed E-state index contributed by atoms with van der Waals surface area (Å²) in [4.78, 5) is 29.4. The molecule has 3 aliphatic heterocycles. The lowest BCUT2D eigenvalue weighted by molar-refractivity contribution is -0.139. The van der Waals surface area contributed by atoms with Crippen molar-refractivity contribution in [2.75, 3.05) is 19.6 Å². The van der Waals surface area contributed by atoms with Crippen LogP contribution in [0.5, 0.6) is 0 Å². The lowest BCUT2D eigenvalue weighted by Gasteiger charge is -2.35. The van der Waals surface area contributed by atoms with E-state index in [2.05, 4.69) is 12.0 Å². The lowest BCUT2D eigenvalue weighted by atomic mass is 9.94. The number of hydrogen-bond acceptors (Lipinski definition) is 3. The van der Waals surface area contributed by atoms with Gasteiger partial charge in [-0.3, -0.25) is 14.3 Å². The average Bonchev–Trinajstić information content (AvgIpc) is 2.77. The third-order valence-corrected chi connectivity index (χ3v) is 5.86. The minimum atomic E-state index is -0.00360. The summed E-state index contributed by atoms with van der Waals surface area (Å²) in [7, 11) is 1.94. The van der Waals surface area contributed by atoms with E-state index in [0.717, 1.165) is 43.6 Å². The Labute approximate surface area is 150 Å². The number of nitrogens with zero attached hydrogens (tertiary/aromatic N) is 4. The second-order valence-electron chi connectivity index (χ2n) is 7.53. The second-order valence-corrected chi connectivity index (χ2v) is 7.53. The highest BCUT2D eigenvalue weighted by atomic mass is 16.2. The number of aromatic nitrogens is 2. The largest absolute Gasteiger partial charge is 0.340 e. The maximum atomic E-state index is 12.8. The van der Waals surface area contributed by atoms with E-state index in [9.17, 15) is 9.59 Å². The third kappa shape index (κ3) is 3.44. The van der Waals surface area contributed by atoms with Gasteiger partial charge in [0.05, 0.1) is 11.6 Å². The summed E-state index contributed by atoms with van der Waals surface area (Å²) < 4.78 is 1.88. The van der Waals surface area contributed by atoms with Crippen molar-refractivity contribution in [2.45, 2.75) is 58.9 Å². The minimum Gasteiger partial charge on any atom is -0.340 e. The van der Waals surface area contributed by atoms with Gasteiger partial charge in [-0.1, -0.05) is 6.92 Å².